The standard InChI is InChI=1S/C67H49N/c1-65(2)55-27-15-11-23-49(55)52-33-31-46(40-61(52)65)68(48-38-44(42-19-7-5-8-20-42)37-45(39-48)43-21-9-6-10-22-43)47-32-34-54-62(41-47)66(3,4)59-35-36-60-64(63(54)59)53-26-14-18-30-58(53)67(60)56-28-16-12-24-50(56)51-25-13-17-29-57(51)67/h5-41H,1-4H3. The van der Waals surface area contributed by atoms with Crippen molar-refractivity contribution in [2.45, 2.75) is 43.9 Å². The van der Waals surface area contributed by atoms with Gasteiger partial charge in [-0.2, -0.15) is 0 Å². The maximum absolute atomic E-state index is 2.53. The van der Waals surface area contributed by atoms with E-state index in [1.807, 2.05) is 0 Å². The van der Waals surface area contributed by atoms with Crippen LogP contribution >= 0.6 is 0 Å². The molecule has 4 aliphatic rings. The second kappa shape index (κ2) is 14.0. The Labute approximate surface area is 399 Å². The molecule has 10 aromatic rings. The van der Waals surface area contributed by atoms with Crippen molar-refractivity contribution >= 4 is 17.1 Å². The summed E-state index contributed by atoms with van der Waals surface area (Å²) in [7, 11) is 0. The summed E-state index contributed by atoms with van der Waals surface area (Å²) >= 11 is 0. The van der Waals surface area contributed by atoms with Crippen molar-refractivity contribution in [2.75, 3.05) is 4.90 Å². The van der Waals surface area contributed by atoms with E-state index in [2.05, 4.69) is 257 Å². The van der Waals surface area contributed by atoms with Crippen molar-refractivity contribution in [3.8, 4) is 66.8 Å². The molecular formula is C67H49N. The Kier molecular flexibility index (Phi) is 8.08. The highest BCUT2D eigenvalue weighted by atomic mass is 15.1. The molecule has 0 radical (unpaired) electrons. The van der Waals surface area contributed by atoms with E-state index in [-0.39, 0.29) is 16.2 Å². The zero-order chi connectivity index (χ0) is 45.5. The first kappa shape index (κ1) is 39.2. The van der Waals surface area contributed by atoms with Crippen LogP contribution < -0.4 is 4.90 Å². The minimum Gasteiger partial charge on any atom is -0.310 e. The van der Waals surface area contributed by atoms with Crippen molar-refractivity contribution < 1.29 is 0 Å². The molecule has 0 saturated carbocycles. The van der Waals surface area contributed by atoms with Crippen LogP contribution in [0.3, 0.4) is 0 Å². The number of nitrogens with zero attached hydrogens (tertiary/aromatic N) is 1. The highest BCUT2D eigenvalue weighted by Crippen LogP contribution is 2.66. The van der Waals surface area contributed by atoms with Crippen LogP contribution in [0.25, 0.3) is 66.8 Å². The van der Waals surface area contributed by atoms with E-state index in [1.54, 1.807) is 0 Å². The minimum absolute atomic E-state index is 0.148. The first-order chi connectivity index (χ1) is 33.2. The second-order valence-electron chi connectivity index (χ2n) is 20.4. The number of anilines is 3. The Morgan fingerprint density at radius 3 is 1.21 bits per heavy atom. The molecule has 0 heterocycles. The van der Waals surface area contributed by atoms with Crippen LogP contribution in [0.15, 0.2) is 224 Å². The van der Waals surface area contributed by atoms with Crippen molar-refractivity contribution in [1.82, 2.24) is 0 Å². The molecule has 4 aliphatic carbocycles. The van der Waals surface area contributed by atoms with Gasteiger partial charge >= 0.3 is 0 Å². The van der Waals surface area contributed by atoms with Gasteiger partial charge in [0.15, 0.2) is 0 Å². The average molecular weight is 868 g/mol. The molecule has 0 atom stereocenters. The van der Waals surface area contributed by atoms with E-state index >= 15 is 0 Å². The molecule has 0 amide bonds. The maximum atomic E-state index is 2.53. The molecule has 1 heteroatoms. The molecule has 0 saturated heterocycles. The van der Waals surface area contributed by atoms with Gasteiger partial charge in [0.05, 0.1) is 5.41 Å². The van der Waals surface area contributed by atoms with E-state index in [4.69, 9.17) is 0 Å². The van der Waals surface area contributed by atoms with Crippen LogP contribution in [0.2, 0.25) is 0 Å². The van der Waals surface area contributed by atoms with Gasteiger partial charge < -0.3 is 4.90 Å². The molecule has 0 fully saturated rings. The fraction of sp³-hybridized carbons (Fsp3) is 0.104. The molecule has 0 bridgehead atoms. The first-order valence-corrected chi connectivity index (χ1v) is 24.2. The Morgan fingerprint density at radius 2 is 0.632 bits per heavy atom. The lowest BCUT2D eigenvalue weighted by Crippen LogP contribution is -2.26. The predicted molar refractivity (Wildman–Crippen MR) is 283 cm³/mol. The predicted octanol–water partition coefficient (Wildman–Crippen LogP) is 17.4. The summed E-state index contributed by atoms with van der Waals surface area (Å²) in [6, 6.07) is 84.8. The molecule has 68 heavy (non-hydrogen) atoms. The molecule has 10 aromatic carbocycles. The largest absolute Gasteiger partial charge is 0.310 e. The lowest BCUT2D eigenvalue weighted by molar-refractivity contribution is 0.659. The van der Waals surface area contributed by atoms with Crippen molar-refractivity contribution in [1.29, 1.82) is 0 Å². The summed E-state index contributed by atoms with van der Waals surface area (Å²) < 4.78 is 0. The third kappa shape index (κ3) is 5.17. The lowest BCUT2D eigenvalue weighted by atomic mass is 9.70. The van der Waals surface area contributed by atoms with Gasteiger partial charge in [0.25, 0.3) is 0 Å². The third-order valence-electron chi connectivity index (χ3n) is 16.3. The Bertz CT molecular complexity index is 3640. The van der Waals surface area contributed by atoms with Gasteiger partial charge in [0, 0.05) is 27.9 Å². The lowest BCUT2D eigenvalue weighted by Gasteiger charge is -2.31. The van der Waals surface area contributed by atoms with Crippen LogP contribution in [0.5, 0.6) is 0 Å². The highest BCUT2D eigenvalue weighted by Gasteiger charge is 2.53. The zero-order valence-corrected chi connectivity index (χ0v) is 38.8. The molecule has 1 spiro atoms. The number of rotatable bonds is 5. The fourth-order valence-electron chi connectivity index (χ4n) is 13.1. The number of hydrogen-bond acceptors (Lipinski definition) is 1. The average Bonchev–Trinajstić information content (AvgIpc) is 4.02. The van der Waals surface area contributed by atoms with Crippen LogP contribution in [-0.4, -0.2) is 0 Å². The van der Waals surface area contributed by atoms with Gasteiger partial charge in [-0.3, -0.25) is 0 Å². The van der Waals surface area contributed by atoms with E-state index < -0.39 is 0 Å². The first-order valence-electron chi connectivity index (χ1n) is 24.2. The van der Waals surface area contributed by atoms with Crippen molar-refractivity contribution in [2.24, 2.45) is 0 Å². The van der Waals surface area contributed by atoms with Crippen LogP contribution in [0.4, 0.5) is 17.1 Å². The molecule has 0 aliphatic heterocycles. The number of fused-ring (bicyclic) bond motifs is 17. The molecule has 0 N–H and O–H groups in total. The Morgan fingerprint density at radius 1 is 0.250 bits per heavy atom. The third-order valence-corrected chi connectivity index (χ3v) is 16.3. The summed E-state index contributed by atoms with van der Waals surface area (Å²) in [5, 5.41) is 0. The normalized spacial score (nSPS) is 15.1. The van der Waals surface area contributed by atoms with Gasteiger partial charge in [-0.25, -0.2) is 0 Å². The summed E-state index contributed by atoms with van der Waals surface area (Å²) in [5.41, 5.74) is 29.1. The van der Waals surface area contributed by atoms with Crippen LogP contribution in [-0.2, 0) is 16.2 Å². The Balaban J connectivity index is 1.00. The minimum atomic E-state index is -0.390. The van der Waals surface area contributed by atoms with E-state index in [0.717, 1.165) is 17.1 Å². The summed E-state index contributed by atoms with van der Waals surface area (Å²) in [6.07, 6.45) is 0. The van der Waals surface area contributed by atoms with E-state index in [9.17, 15) is 0 Å². The topological polar surface area (TPSA) is 3.24 Å². The zero-order valence-electron chi connectivity index (χ0n) is 38.8. The molecule has 0 aromatic heterocycles. The summed E-state index contributed by atoms with van der Waals surface area (Å²) in [4.78, 5) is 2.53. The SMILES string of the molecule is CC1(C)c2ccccc2-c2ccc(N(c3cc(-c4ccccc4)cc(-c4ccccc4)c3)c3ccc4c(c3)C(C)(C)c3ccc5c(c3-4)-c3ccccc3C53c4ccccc4-c4ccccc43)cc21. The van der Waals surface area contributed by atoms with Crippen molar-refractivity contribution in [3.05, 3.63) is 269 Å². The second-order valence-corrected chi connectivity index (χ2v) is 20.4. The molecule has 14 rings (SSSR count). The van der Waals surface area contributed by atoms with Gasteiger partial charge in [0.1, 0.15) is 0 Å². The molecular weight excluding hydrogens is 819 g/mol. The maximum Gasteiger partial charge on any atom is 0.0725 e. The molecule has 322 valence electrons. The van der Waals surface area contributed by atoms with E-state index in [0.29, 0.717) is 0 Å². The van der Waals surface area contributed by atoms with E-state index in [1.165, 1.54) is 111 Å². The van der Waals surface area contributed by atoms with Crippen LogP contribution in [0, 0.1) is 0 Å². The summed E-state index contributed by atoms with van der Waals surface area (Å²) in [5.74, 6) is 0. The molecule has 1 nitrogen and oxygen atoms in total. The quantitative estimate of drug-likeness (QED) is 0.167. The van der Waals surface area contributed by atoms with Gasteiger partial charge in [-0.15, -0.1) is 0 Å². The number of hydrogen-bond donors (Lipinski definition) is 0. The van der Waals surface area contributed by atoms with Gasteiger partial charge in [0.2, 0.25) is 0 Å². The van der Waals surface area contributed by atoms with Gasteiger partial charge in [-0.1, -0.05) is 210 Å². The highest BCUT2D eigenvalue weighted by molar-refractivity contribution is 6.03. The number of benzene rings is 10. The van der Waals surface area contributed by atoms with Gasteiger partial charge in [-0.05, 0) is 154 Å². The van der Waals surface area contributed by atoms with Crippen molar-refractivity contribution in [3.63, 3.8) is 0 Å². The monoisotopic (exact) mass is 867 g/mol. The van der Waals surface area contributed by atoms with Crippen LogP contribution in [0.1, 0.15) is 72.2 Å². The smallest absolute Gasteiger partial charge is 0.0725 e. The fourth-order valence-corrected chi connectivity index (χ4v) is 13.1. The summed E-state index contributed by atoms with van der Waals surface area (Å²) in [6.45, 7) is 9.64. The molecule has 0 unspecified atom stereocenters. The Hall–Kier alpha value is -8.00.